The van der Waals surface area contributed by atoms with Crippen molar-refractivity contribution < 1.29 is 14.3 Å². The van der Waals surface area contributed by atoms with Crippen molar-refractivity contribution in [2.24, 2.45) is 5.92 Å². The van der Waals surface area contributed by atoms with E-state index in [2.05, 4.69) is 6.92 Å². The molecule has 4 nitrogen and oxygen atoms in total. The third-order valence-electron chi connectivity index (χ3n) is 3.07. The summed E-state index contributed by atoms with van der Waals surface area (Å²) in [5.41, 5.74) is -0.548. The molecule has 0 spiro atoms. The number of likely N-dealkylation sites (tertiary alicyclic amines) is 1. The van der Waals surface area contributed by atoms with Gasteiger partial charge in [0.2, 0.25) is 5.91 Å². The van der Waals surface area contributed by atoms with Crippen molar-refractivity contribution in [2.45, 2.75) is 65.4 Å². The number of carbonyl (C=O) groups excluding carboxylic acids is 2. The minimum atomic E-state index is -0.548. The van der Waals surface area contributed by atoms with Crippen LogP contribution in [0.2, 0.25) is 0 Å². The van der Waals surface area contributed by atoms with Crippen molar-refractivity contribution in [3.8, 4) is 0 Å². The summed E-state index contributed by atoms with van der Waals surface area (Å²) in [6, 6.07) is 0. The van der Waals surface area contributed by atoms with Crippen LogP contribution in [0.15, 0.2) is 0 Å². The second kappa shape index (κ2) is 6.21. The standard InChI is InChI=1S/C14H25NO3/c1-5-6-8-11-9-7-10-15(12(11)16)13(17)18-14(2,3)4/h11H,5-10H2,1-4H3. The molecule has 0 aromatic rings. The van der Waals surface area contributed by atoms with Crippen LogP contribution in [0.4, 0.5) is 4.79 Å². The topological polar surface area (TPSA) is 46.6 Å². The molecule has 1 heterocycles. The number of ether oxygens (including phenoxy) is 1. The zero-order chi connectivity index (χ0) is 13.8. The molecule has 104 valence electrons. The van der Waals surface area contributed by atoms with Gasteiger partial charge in [-0.3, -0.25) is 4.79 Å². The van der Waals surface area contributed by atoms with Gasteiger partial charge in [-0.25, -0.2) is 9.69 Å². The van der Waals surface area contributed by atoms with Crippen molar-refractivity contribution >= 4 is 12.0 Å². The zero-order valence-corrected chi connectivity index (χ0v) is 12.0. The normalized spacial score (nSPS) is 21.0. The Hall–Kier alpha value is -1.06. The molecule has 0 N–H and O–H groups in total. The number of nitrogens with zero attached hydrogens (tertiary/aromatic N) is 1. The van der Waals surface area contributed by atoms with Crippen LogP contribution in [0, 0.1) is 5.92 Å². The van der Waals surface area contributed by atoms with Gasteiger partial charge in [-0.15, -0.1) is 0 Å². The van der Waals surface area contributed by atoms with Gasteiger partial charge in [0.05, 0.1) is 0 Å². The highest BCUT2D eigenvalue weighted by Crippen LogP contribution is 2.24. The molecule has 0 saturated carbocycles. The third-order valence-corrected chi connectivity index (χ3v) is 3.07. The molecule has 4 heteroatoms. The molecule has 2 amide bonds. The van der Waals surface area contributed by atoms with Gasteiger partial charge in [0.1, 0.15) is 5.60 Å². The molecule has 0 aliphatic carbocycles. The van der Waals surface area contributed by atoms with Gasteiger partial charge in [-0.05, 0) is 40.0 Å². The predicted octanol–water partition coefficient (Wildman–Crippen LogP) is 3.35. The Labute approximate surface area is 110 Å². The maximum Gasteiger partial charge on any atom is 0.417 e. The molecule has 1 aliphatic rings. The fourth-order valence-electron chi connectivity index (χ4n) is 2.17. The van der Waals surface area contributed by atoms with Crippen molar-refractivity contribution in [1.29, 1.82) is 0 Å². The molecule has 1 rings (SSSR count). The van der Waals surface area contributed by atoms with Crippen LogP contribution in [0.25, 0.3) is 0 Å². The minimum absolute atomic E-state index is 0.00576. The first-order valence-corrected chi connectivity index (χ1v) is 6.89. The van der Waals surface area contributed by atoms with E-state index in [-0.39, 0.29) is 11.8 Å². The van der Waals surface area contributed by atoms with Gasteiger partial charge in [0, 0.05) is 12.5 Å². The first-order chi connectivity index (χ1) is 8.35. The van der Waals surface area contributed by atoms with E-state index in [0.717, 1.165) is 32.1 Å². The second-order valence-electron chi connectivity index (χ2n) is 5.95. The number of hydrogen-bond donors (Lipinski definition) is 0. The summed E-state index contributed by atoms with van der Waals surface area (Å²) in [6.07, 6.45) is 4.30. The van der Waals surface area contributed by atoms with Gasteiger partial charge in [-0.2, -0.15) is 0 Å². The molecular formula is C14H25NO3. The minimum Gasteiger partial charge on any atom is -0.443 e. The molecule has 1 fully saturated rings. The first-order valence-electron chi connectivity index (χ1n) is 6.89. The largest absolute Gasteiger partial charge is 0.443 e. The van der Waals surface area contributed by atoms with E-state index in [4.69, 9.17) is 4.74 Å². The number of imide groups is 1. The Morgan fingerprint density at radius 1 is 1.44 bits per heavy atom. The van der Waals surface area contributed by atoms with E-state index < -0.39 is 11.7 Å². The highest BCUT2D eigenvalue weighted by atomic mass is 16.6. The summed E-state index contributed by atoms with van der Waals surface area (Å²) in [6.45, 7) is 8.05. The Bertz CT molecular complexity index is 307. The number of piperidine rings is 1. The van der Waals surface area contributed by atoms with Crippen LogP contribution in [-0.2, 0) is 9.53 Å². The van der Waals surface area contributed by atoms with Crippen LogP contribution in [0.1, 0.15) is 59.8 Å². The summed E-state index contributed by atoms with van der Waals surface area (Å²) in [7, 11) is 0. The number of unbranched alkanes of at least 4 members (excludes halogenated alkanes) is 1. The van der Waals surface area contributed by atoms with Crippen molar-refractivity contribution in [3.05, 3.63) is 0 Å². The Kier molecular flexibility index (Phi) is 5.17. The molecule has 1 atom stereocenters. The Morgan fingerprint density at radius 3 is 2.67 bits per heavy atom. The molecule has 1 aliphatic heterocycles. The molecule has 0 aromatic heterocycles. The van der Waals surface area contributed by atoms with Crippen molar-refractivity contribution in [3.63, 3.8) is 0 Å². The fraction of sp³-hybridized carbons (Fsp3) is 0.857. The fourth-order valence-corrected chi connectivity index (χ4v) is 2.17. The number of carbonyl (C=O) groups is 2. The maximum absolute atomic E-state index is 12.2. The number of hydrogen-bond acceptors (Lipinski definition) is 3. The predicted molar refractivity (Wildman–Crippen MR) is 70.2 cm³/mol. The van der Waals surface area contributed by atoms with Crippen LogP contribution in [0.3, 0.4) is 0 Å². The van der Waals surface area contributed by atoms with E-state index in [0.29, 0.717) is 6.54 Å². The van der Waals surface area contributed by atoms with Crippen LogP contribution >= 0.6 is 0 Å². The highest BCUT2D eigenvalue weighted by molar-refractivity contribution is 5.93. The summed E-state index contributed by atoms with van der Waals surface area (Å²) in [5.74, 6) is -0.0461. The summed E-state index contributed by atoms with van der Waals surface area (Å²) in [4.78, 5) is 25.4. The monoisotopic (exact) mass is 255 g/mol. The van der Waals surface area contributed by atoms with Gasteiger partial charge >= 0.3 is 6.09 Å². The van der Waals surface area contributed by atoms with Crippen LogP contribution in [0.5, 0.6) is 0 Å². The smallest absolute Gasteiger partial charge is 0.417 e. The quantitative estimate of drug-likeness (QED) is 0.777. The van der Waals surface area contributed by atoms with Gasteiger partial charge < -0.3 is 4.74 Å². The number of amides is 2. The summed E-state index contributed by atoms with van der Waals surface area (Å²) < 4.78 is 5.27. The van der Waals surface area contributed by atoms with Gasteiger partial charge in [0.15, 0.2) is 0 Å². The molecule has 0 radical (unpaired) electrons. The SMILES string of the molecule is CCCCC1CCCN(C(=O)OC(C)(C)C)C1=O. The highest BCUT2D eigenvalue weighted by Gasteiger charge is 2.34. The van der Waals surface area contributed by atoms with Crippen molar-refractivity contribution in [2.75, 3.05) is 6.54 Å². The molecule has 0 bridgehead atoms. The van der Waals surface area contributed by atoms with E-state index in [1.54, 1.807) is 0 Å². The van der Waals surface area contributed by atoms with Gasteiger partial charge in [0.25, 0.3) is 0 Å². The maximum atomic E-state index is 12.2. The molecule has 18 heavy (non-hydrogen) atoms. The van der Waals surface area contributed by atoms with Crippen LogP contribution in [-0.4, -0.2) is 29.0 Å². The summed E-state index contributed by atoms with van der Waals surface area (Å²) in [5, 5.41) is 0. The molecular weight excluding hydrogens is 230 g/mol. The van der Waals surface area contributed by atoms with Crippen molar-refractivity contribution in [1.82, 2.24) is 4.90 Å². The average molecular weight is 255 g/mol. The van der Waals surface area contributed by atoms with E-state index >= 15 is 0 Å². The summed E-state index contributed by atoms with van der Waals surface area (Å²) >= 11 is 0. The Balaban J connectivity index is 2.60. The third kappa shape index (κ3) is 4.31. The average Bonchev–Trinajstić information content (AvgIpc) is 2.25. The zero-order valence-electron chi connectivity index (χ0n) is 12.0. The van der Waals surface area contributed by atoms with Crippen LogP contribution < -0.4 is 0 Å². The first kappa shape index (κ1) is 15.0. The lowest BCUT2D eigenvalue weighted by atomic mass is 9.92. The lowest BCUT2D eigenvalue weighted by molar-refractivity contribution is -0.137. The van der Waals surface area contributed by atoms with E-state index in [1.807, 2.05) is 20.8 Å². The van der Waals surface area contributed by atoms with Gasteiger partial charge in [-0.1, -0.05) is 19.8 Å². The molecule has 1 saturated heterocycles. The number of rotatable bonds is 3. The second-order valence-corrected chi connectivity index (χ2v) is 5.95. The Morgan fingerprint density at radius 2 is 2.11 bits per heavy atom. The van der Waals surface area contributed by atoms with E-state index in [9.17, 15) is 9.59 Å². The van der Waals surface area contributed by atoms with E-state index in [1.165, 1.54) is 4.90 Å². The lowest BCUT2D eigenvalue weighted by Crippen LogP contribution is -2.47. The molecule has 1 unspecified atom stereocenters. The molecule has 0 aromatic carbocycles. The lowest BCUT2D eigenvalue weighted by Gasteiger charge is -2.32.